The molecule has 0 bridgehead atoms. The molecule has 68 valence electrons. The highest BCUT2D eigenvalue weighted by atomic mass is 32.2. The summed E-state index contributed by atoms with van der Waals surface area (Å²) in [6.07, 6.45) is 2.11. The van der Waals surface area contributed by atoms with Crippen molar-refractivity contribution in [3.05, 3.63) is 23.8 Å². The summed E-state index contributed by atoms with van der Waals surface area (Å²) in [5.41, 5.74) is 1.25. The maximum Gasteiger partial charge on any atom is 0.0608 e. The van der Waals surface area contributed by atoms with Crippen LogP contribution in [0.15, 0.2) is 27.3 Å². The van der Waals surface area contributed by atoms with Crippen molar-refractivity contribution in [3.8, 4) is 0 Å². The van der Waals surface area contributed by atoms with Gasteiger partial charge in [0.2, 0.25) is 0 Å². The maximum atomic E-state index is 4.41. The average molecular weight is 226 g/mol. The van der Waals surface area contributed by atoms with Gasteiger partial charge in [-0.05, 0) is 42.3 Å². The topological polar surface area (TPSA) is 0 Å². The van der Waals surface area contributed by atoms with Crippen molar-refractivity contribution in [3.63, 3.8) is 0 Å². The summed E-state index contributed by atoms with van der Waals surface area (Å²) >= 11 is 8.06. The first kappa shape index (κ1) is 9.44. The Kier molecular flexibility index (Phi) is 2.58. The van der Waals surface area contributed by atoms with Gasteiger partial charge in [0.1, 0.15) is 0 Å². The van der Waals surface area contributed by atoms with Crippen LogP contribution in [0.25, 0.3) is 10.1 Å². The highest BCUT2D eigenvalue weighted by molar-refractivity contribution is 8.00. The van der Waals surface area contributed by atoms with Crippen LogP contribution in [0.5, 0.6) is 0 Å². The number of hydrogen-bond acceptors (Lipinski definition) is 3. The summed E-state index contributed by atoms with van der Waals surface area (Å²) in [6.45, 7) is 2.10. The summed E-state index contributed by atoms with van der Waals surface area (Å²) in [6, 6.07) is 6.58. The molecule has 13 heavy (non-hydrogen) atoms. The van der Waals surface area contributed by atoms with Crippen LogP contribution in [0.4, 0.5) is 0 Å². The molecule has 0 nitrogen and oxygen atoms in total. The molecular weight excluding hydrogens is 216 g/mol. The maximum absolute atomic E-state index is 4.41. The Morgan fingerprint density at radius 3 is 2.77 bits per heavy atom. The van der Waals surface area contributed by atoms with Gasteiger partial charge in [0.25, 0.3) is 0 Å². The van der Waals surface area contributed by atoms with Gasteiger partial charge < -0.3 is 0 Å². The molecule has 3 heteroatoms. The number of thiophene rings is 1. The average Bonchev–Trinajstić information content (AvgIpc) is 2.48. The highest BCUT2D eigenvalue weighted by Crippen LogP contribution is 2.33. The van der Waals surface area contributed by atoms with Gasteiger partial charge in [0.15, 0.2) is 0 Å². The minimum absolute atomic E-state index is 1.08. The van der Waals surface area contributed by atoms with Gasteiger partial charge in [-0.15, -0.1) is 35.7 Å². The lowest BCUT2D eigenvalue weighted by molar-refractivity contribution is 1.35. The van der Waals surface area contributed by atoms with E-state index < -0.39 is 0 Å². The lowest BCUT2D eigenvalue weighted by Gasteiger charge is -1.97. The number of rotatable bonds is 1. The van der Waals surface area contributed by atoms with Crippen molar-refractivity contribution in [2.75, 3.05) is 6.26 Å². The lowest BCUT2D eigenvalue weighted by Crippen LogP contribution is -1.73. The van der Waals surface area contributed by atoms with Crippen molar-refractivity contribution in [1.82, 2.24) is 0 Å². The molecule has 0 spiro atoms. The Hall–Kier alpha value is -0.120. The van der Waals surface area contributed by atoms with Crippen molar-refractivity contribution >= 4 is 45.8 Å². The number of benzene rings is 1. The van der Waals surface area contributed by atoms with Gasteiger partial charge in [-0.25, -0.2) is 0 Å². The summed E-state index contributed by atoms with van der Waals surface area (Å²) < 4.78 is 2.73. The fraction of sp³-hybridized carbons (Fsp3) is 0.200. The third-order valence-corrected chi connectivity index (χ3v) is 4.66. The zero-order chi connectivity index (χ0) is 9.42. The number of thioether (sulfide) groups is 1. The van der Waals surface area contributed by atoms with E-state index in [0.29, 0.717) is 0 Å². The Morgan fingerprint density at radius 2 is 2.08 bits per heavy atom. The molecule has 0 fully saturated rings. The van der Waals surface area contributed by atoms with Crippen LogP contribution in [-0.4, -0.2) is 6.26 Å². The molecule has 1 aromatic heterocycles. The van der Waals surface area contributed by atoms with Crippen LogP contribution in [0.3, 0.4) is 0 Å². The first-order chi connectivity index (χ1) is 6.20. The summed E-state index contributed by atoms with van der Waals surface area (Å²) in [4.78, 5) is 1.08. The molecule has 0 unspecified atom stereocenters. The largest absolute Gasteiger partial charge is 0.143 e. The predicted octanol–water partition coefficient (Wildman–Crippen LogP) is 4.22. The van der Waals surface area contributed by atoms with Crippen LogP contribution < -0.4 is 0 Å². The molecule has 1 heterocycles. The lowest BCUT2D eigenvalue weighted by atomic mass is 10.2. The quantitative estimate of drug-likeness (QED) is 0.561. The minimum atomic E-state index is 1.08. The molecular formula is C10H10S3. The van der Waals surface area contributed by atoms with Crippen molar-refractivity contribution < 1.29 is 0 Å². The molecule has 0 saturated heterocycles. The second-order valence-electron chi connectivity index (χ2n) is 2.95. The van der Waals surface area contributed by atoms with E-state index in [0.717, 1.165) is 4.90 Å². The summed E-state index contributed by atoms with van der Waals surface area (Å²) in [7, 11) is 0. The molecule has 0 amide bonds. The SMILES string of the molecule is CSc1cc2cc(S)c(C)cc2s1. The minimum Gasteiger partial charge on any atom is -0.143 e. The second-order valence-corrected chi connectivity index (χ2v) is 5.62. The molecule has 0 aliphatic heterocycles. The summed E-state index contributed by atoms with van der Waals surface area (Å²) in [5.74, 6) is 0. The standard InChI is InChI=1S/C10H10S3/c1-6-3-9-7(4-8(6)11)5-10(12-2)13-9/h3-5,11H,1-2H3. The second kappa shape index (κ2) is 3.56. The molecule has 0 radical (unpaired) electrons. The monoisotopic (exact) mass is 226 g/mol. The van der Waals surface area contributed by atoms with E-state index >= 15 is 0 Å². The smallest absolute Gasteiger partial charge is 0.0608 e. The van der Waals surface area contributed by atoms with Gasteiger partial charge in [-0.1, -0.05) is 0 Å². The molecule has 0 atom stereocenters. The van der Waals surface area contributed by atoms with Crippen LogP contribution in [-0.2, 0) is 0 Å². The normalized spacial score (nSPS) is 11.0. The Bertz CT molecular complexity index is 404. The first-order valence-electron chi connectivity index (χ1n) is 3.98. The molecule has 0 saturated carbocycles. The van der Waals surface area contributed by atoms with Gasteiger partial charge in [0.05, 0.1) is 4.21 Å². The number of fused-ring (bicyclic) bond motifs is 1. The molecule has 1 aromatic carbocycles. The van der Waals surface area contributed by atoms with Crippen LogP contribution in [0, 0.1) is 6.92 Å². The fourth-order valence-corrected chi connectivity index (χ4v) is 3.18. The van der Waals surface area contributed by atoms with Crippen LogP contribution in [0.1, 0.15) is 5.56 Å². The first-order valence-corrected chi connectivity index (χ1v) is 6.46. The van der Waals surface area contributed by atoms with E-state index in [9.17, 15) is 0 Å². The zero-order valence-electron chi connectivity index (χ0n) is 7.50. The van der Waals surface area contributed by atoms with Gasteiger partial charge in [0, 0.05) is 9.60 Å². The van der Waals surface area contributed by atoms with Crippen LogP contribution >= 0.6 is 35.7 Å². The van der Waals surface area contributed by atoms with Gasteiger partial charge in [-0.3, -0.25) is 0 Å². The van der Waals surface area contributed by atoms with E-state index in [1.165, 1.54) is 19.9 Å². The zero-order valence-corrected chi connectivity index (χ0v) is 10.0. The molecule has 2 aromatic rings. The third kappa shape index (κ3) is 1.73. The van der Waals surface area contributed by atoms with Crippen LogP contribution in [0.2, 0.25) is 0 Å². The number of aryl methyl sites for hydroxylation is 1. The van der Waals surface area contributed by atoms with Crippen molar-refractivity contribution in [1.29, 1.82) is 0 Å². The Labute approximate surface area is 91.8 Å². The van der Waals surface area contributed by atoms with Gasteiger partial charge >= 0.3 is 0 Å². The summed E-state index contributed by atoms with van der Waals surface area (Å²) in [5, 5.41) is 1.31. The fourth-order valence-electron chi connectivity index (χ4n) is 1.25. The van der Waals surface area contributed by atoms with Crippen molar-refractivity contribution in [2.45, 2.75) is 16.0 Å². The van der Waals surface area contributed by atoms with Crippen molar-refractivity contribution in [2.24, 2.45) is 0 Å². The van der Waals surface area contributed by atoms with E-state index in [2.05, 4.69) is 44.0 Å². The Morgan fingerprint density at radius 1 is 1.31 bits per heavy atom. The highest BCUT2D eigenvalue weighted by Gasteiger charge is 2.02. The van der Waals surface area contributed by atoms with E-state index in [-0.39, 0.29) is 0 Å². The predicted molar refractivity (Wildman–Crippen MR) is 65.6 cm³/mol. The van der Waals surface area contributed by atoms with Gasteiger partial charge in [-0.2, -0.15) is 0 Å². The molecule has 0 N–H and O–H groups in total. The molecule has 0 aliphatic carbocycles. The number of thiol groups is 1. The third-order valence-electron chi connectivity index (χ3n) is 2.01. The van der Waals surface area contributed by atoms with E-state index in [1.54, 1.807) is 11.8 Å². The molecule has 2 rings (SSSR count). The van der Waals surface area contributed by atoms with E-state index in [4.69, 9.17) is 0 Å². The number of hydrogen-bond donors (Lipinski definition) is 1. The molecule has 0 aliphatic rings. The Balaban J connectivity index is 2.70. The van der Waals surface area contributed by atoms with E-state index in [1.807, 2.05) is 11.3 Å².